The number of allylic oxidation sites excluding steroid dienone is 1. The highest BCUT2D eigenvalue weighted by Gasteiger charge is 2.52. The Labute approximate surface area is 175 Å². The summed E-state index contributed by atoms with van der Waals surface area (Å²) < 4.78 is 29.0. The van der Waals surface area contributed by atoms with Gasteiger partial charge in [-0.1, -0.05) is 6.08 Å². The van der Waals surface area contributed by atoms with Gasteiger partial charge < -0.3 is 23.4 Å². The van der Waals surface area contributed by atoms with Gasteiger partial charge in [0, 0.05) is 28.7 Å². The van der Waals surface area contributed by atoms with Crippen LogP contribution in [-0.2, 0) is 19.0 Å². The van der Waals surface area contributed by atoms with Crippen molar-refractivity contribution < 1.29 is 28.2 Å². The van der Waals surface area contributed by atoms with E-state index >= 15 is 0 Å². The maximum atomic E-state index is 12.7. The first-order chi connectivity index (χ1) is 14.0. The maximum absolute atomic E-state index is 12.7. The fraction of sp³-hybridized carbons (Fsp3) is 0.478. The van der Waals surface area contributed by atoms with Crippen LogP contribution in [0.15, 0.2) is 45.1 Å². The molecule has 2 aromatic rings. The number of rotatable bonds is 5. The molecule has 7 nitrogen and oxygen atoms in total. The summed E-state index contributed by atoms with van der Waals surface area (Å²) in [7, 11) is 1.50. The van der Waals surface area contributed by atoms with Crippen LogP contribution in [0.1, 0.15) is 53.2 Å². The summed E-state index contributed by atoms with van der Waals surface area (Å²) >= 11 is 0. The molecular formula is C23H28O7. The summed E-state index contributed by atoms with van der Waals surface area (Å²) in [5.41, 5.74) is 0.235. The largest absolute Gasteiger partial charge is 0.496 e. The van der Waals surface area contributed by atoms with Crippen LogP contribution < -0.4 is 10.4 Å². The molecule has 0 aliphatic carbocycles. The van der Waals surface area contributed by atoms with E-state index in [0.717, 1.165) is 0 Å². The van der Waals surface area contributed by atoms with Crippen LogP contribution >= 0.6 is 0 Å². The van der Waals surface area contributed by atoms with Crippen molar-refractivity contribution in [1.29, 1.82) is 0 Å². The third-order valence-electron chi connectivity index (χ3n) is 5.15. The predicted octanol–water partition coefficient (Wildman–Crippen LogP) is 4.28. The van der Waals surface area contributed by atoms with E-state index in [1.165, 1.54) is 13.2 Å². The average Bonchev–Trinajstić information content (AvgIpc) is 2.90. The van der Waals surface area contributed by atoms with Crippen molar-refractivity contribution in [2.75, 3.05) is 7.11 Å². The first-order valence-electron chi connectivity index (χ1n) is 9.81. The Bertz CT molecular complexity index is 1050. The van der Waals surface area contributed by atoms with Gasteiger partial charge in [0.25, 0.3) is 0 Å². The molecule has 1 aromatic heterocycles. The fourth-order valence-corrected chi connectivity index (χ4v) is 3.72. The van der Waals surface area contributed by atoms with Crippen LogP contribution in [0.4, 0.5) is 0 Å². The molecule has 3 rings (SSSR count). The smallest absolute Gasteiger partial charge is 0.336 e. The second kappa shape index (κ2) is 7.89. The fourth-order valence-electron chi connectivity index (χ4n) is 3.72. The number of carbonyl (C=O) groups is 1. The van der Waals surface area contributed by atoms with E-state index in [1.54, 1.807) is 38.1 Å². The number of fused-ring (bicyclic) bond motifs is 1. The molecule has 0 bridgehead atoms. The Kier molecular flexibility index (Phi) is 5.80. The van der Waals surface area contributed by atoms with E-state index in [0.29, 0.717) is 27.9 Å². The molecule has 30 heavy (non-hydrogen) atoms. The monoisotopic (exact) mass is 416 g/mol. The van der Waals surface area contributed by atoms with Crippen LogP contribution in [0.25, 0.3) is 11.0 Å². The Balaban J connectivity index is 2.18. The maximum Gasteiger partial charge on any atom is 0.336 e. The summed E-state index contributed by atoms with van der Waals surface area (Å²) in [6.07, 6.45) is 0.255. The first kappa shape index (κ1) is 22.1. The molecule has 1 aromatic carbocycles. The second-order valence-electron chi connectivity index (χ2n) is 8.33. The van der Waals surface area contributed by atoms with Crippen molar-refractivity contribution in [2.45, 2.75) is 65.1 Å². The summed E-state index contributed by atoms with van der Waals surface area (Å²) in [5.74, 6) is -0.907. The minimum atomic E-state index is -0.856. The van der Waals surface area contributed by atoms with Gasteiger partial charge in [-0.15, -0.1) is 0 Å². The van der Waals surface area contributed by atoms with Gasteiger partial charge >= 0.3 is 11.6 Å². The van der Waals surface area contributed by atoms with Crippen molar-refractivity contribution in [3.05, 3.63) is 51.9 Å². The standard InChI is InChI=1S/C23H28O7/c1-8-13(2)21(25)28-19(20-22(3,4)30-23(5,6)29-20)15-11-14-9-10-18(24)27-16(14)12-17(15)26-7/h8-12,19-20H,1-7H3/b13-8-/t19-,20-/m1/s1. The molecular weight excluding hydrogens is 388 g/mol. The zero-order chi connectivity index (χ0) is 22.3. The zero-order valence-electron chi connectivity index (χ0n) is 18.4. The minimum Gasteiger partial charge on any atom is -0.496 e. The quantitative estimate of drug-likeness (QED) is 0.408. The third-order valence-corrected chi connectivity index (χ3v) is 5.15. The lowest BCUT2D eigenvalue weighted by Gasteiger charge is -2.31. The summed E-state index contributed by atoms with van der Waals surface area (Å²) in [4.78, 5) is 24.3. The molecule has 0 saturated carbocycles. The zero-order valence-corrected chi connectivity index (χ0v) is 18.4. The van der Waals surface area contributed by atoms with Gasteiger partial charge in [-0.25, -0.2) is 9.59 Å². The van der Waals surface area contributed by atoms with Crippen molar-refractivity contribution in [1.82, 2.24) is 0 Å². The Hall–Kier alpha value is -2.64. The van der Waals surface area contributed by atoms with E-state index in [1.807, 2.05) is 27.7 Å². The molecule has 7 heteroatoms. The Morgan fingerprint density at radius 2 is 1.90 bits per heavy atom. The SMILES string of the molecule is C/C=C(/C)C(=O)O[C@H](c1cc2ccc(=O)oc2cc1OC)[C@H]1OC(C)(C)OC1(C)C. The molecule has 1 saturated heterocycles. The van der Waals surface area contributed by atoms with Crippen molar-refractivity contribution in [3.8, 4) is 5.75 Å². The number of methoxy groups -OCH3 is 1. The van der Waals surface area contributed by atoms with E-state index in [4.69, 9.17) is 23.4 Å². The van der Waals surface area contributed by atoms with Crippen LogP contribution in [0.3, 0.4) is 0 Å². The molecule has 0 unspecified atom stereocenters. The molecule has 162 valence electrons. The number of esters is 1. The lowest BCUT2D eigenvalue weighted by Crippen LogP contribution is -2.39. The van der Waals surface area contributed by atoms with Gasteiger partial charge in [-0.2, -0.15) is 0 Å². The van der Waals surface area contributed by atoms with Crippen LogP contribution in [0, 0.1) is 0 Å². The Morgan fingerprint density at radius 3 is 2.47 bits per heavy atom. The van der Waals surface area contributed by atoms with Crippen molar-refractivity contribution in [3.63, 3.8) is 0 Å². The molecule has 1 fully saturated rings. The topological polar surface area (TPSA) is 84.2 Å². The number of benzene rings is 1. The molecule has 0 N–H and O–H groups in total. The number of carbonyl (C=O) groups excluding carboxylic acids is 1. The highest BCUT2D eigenvalue weighted by Crippen LogP contribution is 2.46. The van der Waals surface area contributed by atoms with Gasteiger partial charge in [-0.05, 0) is 53.7 Å². The van der Waals surface area contributed by atoms with E-state index in [-0.39, 0.29) is 0 Å². The number of hydrogen-bond donors (Lipinski definition) is 0. The lowest BCUT2D eigenvalue weighted by atomic mass is 9.91. The van der Waals surface area contributed by atoms with E-state index in [9.17, 15) is 9.59 Å². The second-order valence-corrected chi connectivity index (χ2v) is 8.33. The molecule has 0 spiro atoms. The highest BCUT2D eigenvalue weighted by atomic mass is 16.8. The van der Waals surface area contributed by atoms with Crippen LogP contribution in [0.5, 0.6) is 5.75 Å². The van der Waals surface area contributed by atoms with Gasteiger partial charge in [0.2, 0.25) is 0 Å². The molecule has 1 aliphatic heterocycles. The third kappa shape index (κ3) is 4.27. The number of ether oxygens (including phenoxy) is 4. The minimum absolute atomic E-state index is 0.376. The molecule has 1 aliphatic rings. The Morgan fingerprint density at radius 1 is 1.20 bits per heavy atom. The molecule has 0 radical (unpaired) electrons. The predicted molar refractivity (Wildman–Crippen MR) is 111 cm³/mol. The van der Waals surface area contributed by atoms with Crippen molar-refractivity contribution in [2.24, 2.45) is 0 Å². The number of hydrogen-bond acceptors (Lipinski definition) is 7. The first-order valence-corrected chi connectivity index (χ1v) is 9.81. The summed E-state index contributed by atoms with van der Waals surface area (Å²) in [5, 5.41) is 0.671. The van der Waals surface area contributed by atoms with Gasteiger partial charge in [0.05, 0.1) is 12.7 Å². The van der Waals surface area contributed by atoms with Gasteiger partial charge in [0.15, 0.2) is 11.9 Å². The normalized spacial score (nSPS) is 21.4. The average molecular weight is 416 g/mol. The molecule has 2 atom stereocenters. The summed E-state index contributed by atoms with van der Waals surface area (Å²) in [6, 6.07) is 6.39. The highest BCUT2D eigenvalue weighted by molar-refractivity contribution is 5.88. The molecule has 0 amide bonds. The molecule has 2 heterocycles. The summed E-state index contributed by atoms with van der Waals surface area (Å²) in [6.45, 7) is 10.9. The lowest BCUT2D eigenvalue weighted by molar-refractivity contribution is -0.171. The van der Waals surface area contributed by atoms with E-state index < -0.39 is 35.2 Å². The van der Waals surface area contributed by atoms with E-state index in [2.05, 4.69) is 0 Å². The van der Waals surface area contributed by atoms with Gasteiger partial charge in [0.1, 0.15) is 17.4 Å². The van der Waals surface area contributed by atoms with Crippen LogP contribution in [-0.4, -0.2) is 30.6 Å². The van der Waals surface area contributed by atoms with Gasteiger partial charge in [-0.3, -0.25) is 0 Å². The van der Waals surface area contributed by atoms with Crippen molar-refractivity contribution >= 4 is 16.9 Å². The van der Waals surface area contributed by atoms with Crippen LogP contribution in [0.2, 0.25) is 0 Å².